The van der Waals surface area contributed by atoms with Crippen molar-refractivity contribution in [3.8, 4) is 0 Å². The minimum atomic E-state index is -1.63. The smallest absolute Gasteiger partial charge is 0.234 e. The van der Waals surface area contributed by atoms with Crippen LogP contribution in [0.5, 0.6) is 0 Å². The van der Waals surface area contributed by atoms with Crippen LogP contribution in [-0.4, -0.2) is 4.98 Å². The lowest BCUT2D eigenvalue weighted by molar-refractivity contribution is 1.03. The second kappa shape index (κ2) is 4.23. The van der Waals surface area contributed by atoms with E-state index in [2.05, 4.69) is 4.98 Å². The molecule has 14 heavy (non-hydrogen) atoms. The predicted molar refractivity (Wildman–Crippen MR) is 63.0 cm³/mol. The molecule has 0 fully saturated rings. The molecule has 0 saturated heterocycles. The van der Waals surface area contributed by atoms with Crippen LogP contribution < -0.4 is 0 Å². The van der Waals surface area contributed by atoms with E-state index in [0.29, 0.717) is 21.3 Å². The molecule has 0 unspecified atom stereocenters. The fourth-order valence-corrected chi connectivity index (χ4v) is 2.02. The minimum Gasteiger partial charge on any atom is -0.250 e. The van der Waals surface area contributed by atoms with Crippen LogP contribution in [0.2, 0.25) is 10.0 Å². The molecule has 0 aliphatic heterocycles. The van der Waals surface area contributed by atoms with Gasteiger partial charge in [-0.1, -0.05) is 58.0 Å². The standard InChI is InChI=1S/C8H6Cl5N/c1-3-5(9)4(2)14-7(6(3)10)8(11,12)13/h1-2H3. The fraction of sp³-hybridized carbons (Fsp3) is 0.375. The zero-order chi connectivity index (χ0) is 11.1. The van der Waals surface area contributed by atoms with Crippen molar-refractivity contribution in [3.63, 3.8) is 0 Å². The average Bonchev–Trinajstić information content (AvgIpc) is 2.06. The molecular weight excluding hydrogens is 287 g/mol. The van der Waals surface area contributed by atoms with E-state index in [1.165, 1.54) is 0 Å². The summed E-state index contributed by atoms with van der Waals surface area (Å²) in [6.45, 7) is 3.48. The van der Waals surface area contributed by atoms with Gasteiger partial charge in [0.25, 0.3) is 0 Å². The molecule has 0 atom stereocenters. The van der Waals surface area contributed by atoms with Gasteiger partial charge in [-0.3, -0.25) is 4.98 Å². The van der Waals surface area contributed by atoms with Crippen LogP contribution in [0.4, 0.5) is 0 Å². The van der Waals surface area contributed by atoms with Crippen molar-refractivity contribution in [2.24, 2.45) is 0 Å². The monoisotopic (exact) mass is 291 g/mol. The predicted octanol–water partition coefficient (Wildman–Crippen LogP) is 4.83. The lowest BCUT2D eigenvalue weighted by atomic mass is 10.2. The Morgan fingerprint density at radius 1 is 1.00 bits per heavy atom. The first-order valence-electron chi connectivity index (χ1n) is 3.64. The Hall–Kier alpha value is 0.600. The van der Waals surface area contributed by atoms with Crippen molar-refractivity contribution in [2.45, 2.75) is 17.6 Å². The highest BCUT2D eigenvalue weighted by atomic mass is 35.6. The van der Waals surface area contributed by atoms with E-state index in [1.54, 1.807) is 13.8 Å². The summed E-state index contributed by atoms with van der Waals surface area (Å²) in [5.74, 6) is 0. The van der Waals surface area contributed by atoms with Gasteiger partial charge in [-0.2, -0.15) is 0 Å². The molecular formula is C8H6Cl5N. The molecule has 1 aromatic heterocycles. The molecule has 6 heteroatoms. The normalized spacial score (nSPS) is 11.9. The first-order valence-corrected chi connectivity index (χ1v) is 5.53. The first-order chi connectivity index (χ1) is 6.25. The third-order valence-corrected chi connectivity index (χ3v) is 3.29. The van der Waals surface area contributed by atoms with E-state index in [9.17, 15) is 0 Å². The summed E-state index contributed by atoms with van der Waals surface area (Å²) in [4.78, 5) is 4.04. The highest BCUT2D eigenvalue weighted by molar-refractivity contribution is 6.67. The van der Waals surface area contributed by atoms with Crippen LogP contribution in [0.25, 0.3) is 0 Å². The van der Waals surface area contributed by atoms with Gasteiger partial charge in [0, 0.05) is 0 Å². The number of hydrogen-bond donors (Lipinski definition) is 0. The highest BCUT2D eigenvalue weighted by Gasteiger charge is 2.29. The van der Waals surface area contributed by atoms with Crippen molar-refractivity contribution in [3.05, 3.63) is 27.0 Å². The van der Waals surface area contributed by atoms with Crippen LogP contribution in [-0.2, 0) is 3.79 Å². The van der Waals surface area contributed by atoms with Gasteiger partial charge < -0.3 is 0 Å². The van der Waals surface area contributed by atoms with E-state index in [0.717, 1.165) is 0 Å². The molecule has 0 spiro atoms. The van der Waals surface area contributed by atoms with Gasteiger partial charge in [-0.05, 0) is 19.4 Å². The Morgan fingerprint density at radius 2 is 1.50 bits per heavy atom. The maximum atomic E-state index is 5.95. The van der Waals surface area contributed by atoms with Gasteiger partial charge in [0.05, 0.1) is 15.7 Å². The number of rotatable bonds is 0. The number of halogens is 5. The number of aromatic nitrogens is 1. The van der Waals surface area contributed by atoms with Crippen LogP contribution >= 0.6 is 58.0 Å². The van der Waals surface area contributed by atoms with E-state index < -0.39 is 3.79 Å². The van der Waals surface area contributed by atoms with Gasteiger partial charge >= 0.3 is 0 Å². The molecule has 0 bridgehead atoms. The quantitative estimate of drug-likeness (QED) is 0.624. The summed E-state index contributed by atoms with van der Waals surface area (Å²) >= 11 is 29.0. The summed E-state index contributed by atoms with van der Waals surface area (Å²) in [5.41, 5.74) is 1.47. The van der Waals surface area contributed by atoms with Gasteiger partial charge in [0.2, 0.25) is 3.79 Å². The van der Waals surface area contributed by atoms with E-state index >= 15 is 0 Å². The lowest BCUT2D eigenvalue weighted by Crippen LogP contribution is -2.07. The largest absolute Gasteiger partial charge is 0.250 e. The Balaban J connectivity index is 3.49. The van der Waals surface area contributed by atoms with Crippen molar-refractivity contribution in [1.82, 2.24) is 4.98 Å². The second-order valence-electron chi connectivity index (χ2n) is 2.80. The van der Waals surface area contributed by atoms with Gasteiger partial charge in [0.15, 0.2) is 0 Å². The minimum absolute atomic E-state index is 0.212. The molecule has 78 valence electrons. The molecule has 1 nitrogen and oxygen atoms in total. The van der Waals surface area contributed by atoms with Crippen molar-refractivity contribution >= 4 is 58.0 Å². The van der Waals surface area contributed by atoms with Crippen molar-refractivity contribution in [1.29, 1.82) is 0 Å². The molecule has 1 aromatic rings. The Labute approximate surface area is 107 Å². The number of nitrogens with zero attached hydrogens (tertiary/aromatic N) is 1. The molecule has 0 radical (unpaired) electrons. The Morgan fingerprint density at radius 3 is 1.93 bits per heavy atom. The summed E-state index contributed by atoms with van der Waals surface area (Å²) < 4.78 is -1.63. The number of pyridine rings is 1. The highest BCUT2D eigenvalue weighted by Crippen LogP contribution is 2.43. The summed E-state index contributed by atoms with van der Waals surface area (Å²) in [5, 5.41) is 0.786. The van der Waals surface area contributed by atoms with E-state index in [1.807, 2.05) is 0 Å². The zero-order valence-corrected chi connectivity index (χ0v) is 11.1. The average molecular weight is 293 g/mol. The lowest BCUT2D eigenvalue weighted by Gasteiger charge is -2.15. The molecule has 0 saturated carbocycles. The third-order valence-electron chi connectivity index (χ3n) is 1.73. The summed E-state index contributed by atoms with van der Waals surface area (Å²) in [6, 6.07) is 0. The summed E-state index contributed by atoms with van der Waals surface area (Å²) in [7, 11) is 0. The molecule has 0 aliphatic rings. The first kappa shape index (κ1) is 12.7. The SMILES string of the molecule is Cc1nc(C(Cl)(Cl)Cl)c(Cl)c(C)c1Cl. The fourth-order valence-electron chi connectivity index (χ4n) is 0.999. The van der Waals surface area contributed by atoms with Gasteiger partial charge in [0.1, 0.15) is 5.69 Å². The Bertz CT molecular complexity index is 369. The Kier molecular flexibility index (Phi) is 3.83. The van der Waals surface area contributed by atoms with Crippen molar-refractivity contribution in [2.75, 3.05) is 0 Å². The summed E-state index contributed by atoms with van der Waals surface area (Å²) in [6.07, 6.45) is 0. The van der Waals surface area contributed by atoms with Crippen LogP contribution in [0.15, 0.2) is 0 Å². The van der Waals surface area contributed by atoms with Crippen LogP contribution in [0, 0.1) is 13.8 Å². The molecule has 1 rings (SSSR count). The molecule has 0 amide bonds. The molecule has 0 aromatic carbocycles. The molecule has 0 N–H and O–H groups in total. The van der Waals surface area contributed by atoms with Gasteiger partial charge in [-0.15, -0.1) is 0 Å². The van der Waals surface area contributed by atoms with E-state index in [4.69, 9.17) is 58.0 Å². The maximum absolute atomic E-state index is 5.95. The molecule has 0 aliphatic carbocycles. The maximum Gasteiger partial charge on any atom is 0.234 e. The van der Waals surface area contributed by atoms with Crippen LogP contribution in [0.1, 0.15) is 17.0 Å². The third kappa shape index (κ3) is 2.40. The van der Waals surface area contributed by atoms with E-state index in [-0.39, 0.29) is 5.69 Å². The van der Waals surface area contributed by atoms with Gasteiger partial charge in [-0.25, -0.2) is 0 Å². The number of hydrogen-bond acceptors (Lipinski definition) is 1. The zero-order valence-electron chi connectivity index (χ0n) is 7.34. The molecule has 1 heterocycles. The number of alkyl halides is 3. The number of aryl methyl sites for hydroxylation is 1. The second-order valence-corrected chi connectivity index (χ2v) is 5.83. The topological polar surface area (TPSA) is 12.9 Å². The van der Waals surface area contributed by atoms with Crippen molar-refractivity contribution < 1.29 is 0 Å². The van der Waals surface area contributed by atoms with Crippen LogP contribution in [0.3, 0.4) is 0 Å².